The van der Waals surface area contributed by atoms with Crippen LogP contribution in [0.5, 0.6) is 0 Å². The van der Waals surface area contributed by atoms with E-state index in [9.17, 15) is 27.6 Å². The molecule has 0 radical (unpaired) electrons. The summed E-state index contributed by atoms with van der Waals surface area (Å²) in [4.78, 5) is 36.0. The molecule has 0 aliphatic heterocycles. The van der Waals surface area contributed by atoms with Crippen molar-refractivity contribution in [3.8, 4) is 0 Å². The predicted molar refractivity (Wildman–Crippen MR) is 104 cm³/mol. The fourth-order valence-corrected chi connectivity index (χ4v) is 2.44. The molecule has 2 rings (SSSR count). The molecule has 1 atom stereocenters. The molecule has 2 aromatic rings. The van der Waals surface area contributed by atoms with E-state index in [-0.39, 0.29) is 13.0 Å². The first-order valence-corrected chi connectivity index (χ1v) is 9.24. The standard InChI is InChI=1S/C21H21F3N2O5/c22-21(23,24)14-25-18(27)13-30-19(28)17(11-15-7-3-1-4-8-15)26-20(29)31-12-16-9-5-2-6-10-16/h1-10,17H,11-14H2,(H,25,27)(H,26,29)/t17-/m0/s1. The van der Waals surface area contributed by atoms with E-state index < -0.39 is 43.3 Å². The van der Waals surface area contributed by atoms with Gasteiger partial charge in [-0.15, -0.1) is 0 Å². The van der Waals surface area contributed by atoms with Gasteiger partial charge < -0.3 is 20.1 Å². The van der Waals surface area contributed by atoms with Crippen LogP contribution >= 0.6 is 0 Å². The third-order valence-electron chi connectivity index (χ3n) is 3.90. The van der Waals surface area contributed by atoms with Crippen molar-refractivity contribution in [2.75, 3.05) is 13.2 Å². The molecule has 0 aliphatic rings. The van der Waals surface area contributed by atoms with E-state index in [1.165, 1.54) is 0 Å². The lowest BCUT2D eigenvalue weighted by atomic mass is 10.1. The van der Waals surface area contributed by atoms with E-state index in [2.05, 4.69) is 5.32 Å². The number of benzene rings is 2. The summed E-state index contributed by atoms with van der Waals surface area (Å²) >= 11 is 0. The number of hydrogen-bond acceptors (Lipinski definition) is 5. The van der Waals surface area contributed by atoms with Gasteiger partial charge in [0.1, 0.15) is 19.2 Å². The fraction of sp³-hybridized carbons (Fsp3) is 0.286. The Balaban J connectivity index is 1.93. The molecule has 0 spiro atoms. The Labute approximate surface area is 176 Å². The second-order valence-electron chi connectivity index (χ2n) is 6.45. The van der Waals surface area contributed by atoms with E-state index in [1.807, 2.05) is 0 Å². The van der Waals surface area contributed by atoms with Gasteiger partial charge in [0.2, 0.25) is 0 Å². The summed E-state index contributed by atoms with van der Waals surface area (Å²) in [6, 6.07) is 16.3. The number of alkyl halides is 3. The number of esters is 1. The zero-order chi connectivity index (χ0) is 22.7. The zero-order valence-corrected chi connectivity index (χ0v) is 16.4. The Kier molecular flexibility index (Phi) is 8.86. The minimum atomic E-state index is -4.58. The van der Waals surface area contributed by atoms with Gasteiger partial charge in [-0.1, -0.05) is 60.7 Å². The van der Waals surface area contributed by atoms with Crippen LogP contribution in [0.25, 0.3) is 0 Å². The van der Waals surface area contributed by atoms with Crippen LogP contribution in [-0.2, 0) is 32.1 Å². The SMILES string of the molecule is O=C(COC(=O)[C@H](Cc1ccccc1)NC(=O)OCc1ccccc1)NCC(F)(F)F. The summed E-state index contributed by atoms with van der Waals surface area (Å²) in [5, 5.41) is 3.96. The number of nitrogens with one attached hydrogen (secondary N) is 2. The van der Waals surface area contributed by atoms with Crippen LogP contribution in [0, 0.1) is 0 Å². The van der Waals surface area contributed by atoms with E-state index >= 15 is 0 Å². The van der Waals surface area contributed by atoms with Crippen LogP contribution in [0.3, 0.4) is 0 Å². The molecule has 0 fully saturated rings. The van der Waals surface area contributed by atoms with Crippen molar-refractivity contribution in [1.29, 1.82) is 0 Å². The van der Waals surface area contributed by atoms with Crippen LogP contribution in [0.1, 0.15) is 11.1 Å². The molecule has 7 nitrogen and oxygen atoms in total. The average molecular weight is 438 g/mol. The van der Waals surface area contributed by atoms with Gasteiger partial charge in [0.05, 0.1) is 0 Å². The van der Waals surface area contributed by atoms with Crippen LogP contribution < -0.4 is 10.6 Å². The van der Waals surface area contributed by atoms with Crippen molar-refractivity contribution in [2.24, 2.45) is 0 Å². The first-order valence-electron chi connectivity index (χ1n) is 9.24. The van der Waals surface area contributed by atoms with Crippen LogP contribution in [0.15, 0.2) is 60.7 Å². The van der Waals surface area contributed by atoms with Gasteiger partial charge >= 0.3 is 18.2 Å². The summed E-state index contributed by atoms with van der Waals surface area (Å²) in [7, 11) is 0. The van der Waals surface area contributed by atoms with E-state index in [4.69, 9.17) is 9.47 Å². The summed E-state index contributed by atoms with van der Waals surface area (Å²) in [5.74, 6) is -2.10. The Morgan fingerprint density at radius 2 is 1.45 bits per heavy atom. The van der Waals surface area contributed by atoms with Gasteiger partial charge in [0, 0.05) is 6.42 Å². The number of alkyl carbamates (subject to hydrolysis) is 1. The number of amides is 2. The summed E-state index contributed by atoms with van der Waals surface area (Å²) in [6.45, 7) is -2.48. The highest BCUT2D eigenvalue weighted by Gasteiger charge is 2.28. The molecule has 31 heavy (non-hydrogen) atoms. The van der Waals surface area contributed by atoms with Crippen molar-refractivity contribution in [1.82, 2.24) is 10.6 Å². The van der Waals surface area contributed by atoms with Crippen molar-refractivity contribution >= 4 is 18.0 Å². The number of halogens is 3. The molecule has 0 saturated carbocycles. The fourth-order valence-electron chi connectivity index (χ4n) is 2.44. The summed E-state index contributed by atoms with van der Waals surface area (Å²) in [6.07, 6.45) is -5.44. The second-order valence-corrected chi connectivity index (χ2v) is 6.45. The first-order chi connectivity index (χ1) is 14.7. The molecule has 166 valence electrons. The van der Waals surface area contributed by atoms with Gasteiger partial charge in [0.15, 0.2) is 6.61 Å². The highest BCUT2D eigenvalue weighted by atomic mass is 19.4. The minimum Gasteiger partial charge on any atom is -0.454 e. The Bertz CT molecular complexity index is 860. The lowest BCUT2D eigenvalue weighted by molar-refractivity contribution is -0.152. The topological polar surface area (TPSA) is 93.7 Å². The number of hydrogen-bond donors (Lipinski definition) is 2. The van der Waals surface area contributed by atoms with Crippen LogP contribution in [-0.4, -0.2) is 43.3 Å². The van der Waals surface area contributed by atoms with E-state index in [1.54, 1.807) is 66.0 Å². The smallest absolute Gasteiger partial charge is 0.408 e. The van der Waals surface area contributed by atoms with E-state index in [0.717, 1.165) is 5.56 Å². The normalized spacial score (nSPS) is 11.8. The molecule has 10 heteroatoms. The third kappa shape index (κ3) is 9.66. The van der Waals surface area contributed by atoms with Gasteiger partial charge in [-0.25, -0.2) is 9.59 Å². The van der Waals surface area contributed by atoms with Crippen molar-refractivity contribution < 1.29 is 37.0 Å². The van der Waals surface area contributed by atoms with Gasteiger partial charge in [0.25, 0.3) is 5.91 Å². The van der Waals surface area contributed by atoms with Gasteiger partial charge in [-0.2, -0.15) is 13.2 Å². The molecule has 2 N–H and O–H groups in total. The summed E-state index contributed by atoms with van der Waals surface area (Å²) in [5.41, 5.74) is 1.43. The maximum absolute atomic E-state index is 12.4. The molecule has 0 aromatic heterocycles. The summed E-state index contributed by atoms with van der Waals surface area (Å²) < 4.78 is 46.3. The number of ether oxygens (including phenoxy) is 2. The van der Waals surface area contributed by atoms with Gasteiger partial charge in [-0.3, -0.25) is 4.79 Å². The van der Waals surface area contributed by atoms with Gasteiger partial charge in [-0.05, 0) is 11.1 Å². The molecular weight excluding hydrogens is 417 g/mol. The number of carbonyl (C=O) groups excluding carboxylic acids is 3. The maximum Gasteiger partial charge on any atom is 0.408 e. The van der Waals surface area contributed by atoms with E-state index in [0.29, 0.717) is 5.56 Å². The molecule has 0 aliphatic carbocycles. The average Bonchev–Trinajstić information content (AvgIpc) is 2.75. The lowest BCUT2D eigenvalue weighted by Gasteiger charge is -2.18. The second kappa shape index (κ2) is 11.6. The van der Waals surface area contributed by atoms with Crippen LogP contribution in [0.2, 0.25) is 0 Å². The molecule has 2 amide bonds. The quantitative estimate of drug-likeness (QED) is 0.588. The van der Waals surface area contributed by atoms with Crippen molar-refractivity contribution in [3.63, 3.8) is 0 Å². The van der Waals surface area contributed by atoms with Crippen molar-refractivity contribution in [3.05, 3.63) is 71.8 Å². The number of carbonyl (C=O) groups is 3. The molecule has 0 unspecified atom stereocenters. The lowest BCUT2D eigenvalue weighted by Crippen LogP contribution is -2.45. The van der Waals surface area contributed by atoms with Crippen LogP contribution in [0.4, 0.5) is 18.0 Å². The Hall–Kier alpha value is -3.56. The van der Waals surface area contributed by atoms with Crippen molar-refractivity contribution in [2.45, 2.75) is 25.2 Å². The third-order valence-corrected chi connectivity index (χ3v) is 3.90. The molecular formula is C21H21F3N2O5. The zero-order valence-electron chi connectivity index (χ0n) is 16.4. The maximum atomic E-state index is 12.4. The first kappa shape index (κ1) is 23.7. The highest BCUT2D eigenvalue weighted by molar-refractivity contribution is 5.85. The Morgan fingerprint density at radius 1 is 0.871 bits per heavy atom. The molecule has 0 saturated heterocycles. The Morgan fingerprint density at radius 3 is 2.03 bits per heavy atom. The monoisotopic (exact) mass is 438 g/mol. The molecule has 0 heterocycles. The molecule has 2 aromatic carbocycles. The number of rotatable bonds is 9. The highest BCUT2D eigenvalue weighted by Crippen LogP contribution is 2.12. The minimum absolute atomic E-state index is 0.0281. The largest absolute Gasteiger partial charge is 0.454 e. The molecule has 0 bridgehead atoms. The predicted octanol–water partition coefficient (Wildman–Crippen LogP) is 2.75.